The van der Waals surface area contributed by atoms with Crippen LogP contribution in [0.4, 0.5) is 5.69 Å². The van der Waals surface area contributed by atoms with E-state index in [4.69, 9.17) is 9.84 Å². The van der Waals surface area contributed by atoms with Crippen LogP contribution in [-0.2, 0) is 9.59 Å². The van der Waals surface area contributed by atoms with Gasteiger partial charge in [0.25, 0.3) is 0 Å². The Balaban J connectivity index is 1.89. The number of ether oxygens (including phenoxy) is 1. The predicted octanol–water partition coefficient (Wildman–Crippen LogP) is 3.08. The third-order valence-corrected chi connectivity index (χ3v) is 3.90. The summed E-state index contributed by atoms with van der Waals surface area (Å²) in [7, 11) is 1.63. The summed E-state index contributed by atoms with van der Waals surface area (Å²) in [6.45, 7) is 1.53. The van der Waals surface area contributed by atoms with Gasteiger partial charge in [-0.3, -0.25) is 9.59 Å². The summed E-state index contributed by atoms with van der Waals surface area (Å²) in [5.41, 5.74) is 2.32. The van der Waals surface area contributed by atoms with Gasteiger partial charge in [-0.1, -0.05) is 29.8 Å². The third-order valence-electron chi connectivity index (χ3n) is 3.90. The molecule has 0 heterocycles. The average Bonchev–Trinajstić information content (AvgIpc) is 2.64. The summed E-state index contributed by atoms with van der Waals surface area (Å²) in [5.74, 6) is -0.889. The molecule has 0 aliphatic carbocycles. The van der Waals surface area contributed by atoms with Crippen LogP contribution in [-0.4, -0.2) is 36.4 Å². The normalized spacial score (nSPS) is 10.2. The van der Waals surface area contributed by atoms with Gasteiger partial charge >= 0.3 is 5.97 Å². The van der Waals surface area contributed by atoms with Crippen LogP contribution in [0.5, 0.6) is 5.75 Å². The maximum absolute atomic E-state index is 12.3. The molecule has 2 rings (SSSR count). The molecule has 0 aliphatic rings. The molecule has 0 fully saturated rings. The lowest BCUT2D eigenvalue weighted by atomic mass is 10.0. The molecule has 0 bridgehead atoms. The number of ketones is 1. The van der Waals surface area contributed by atoms with E-state index in [0.717, 1.165) is 5.56 Å². The van der Waals surface area contributed by atoms with E-state index in [0.29, 0.717) is 17.0 Å². The molecular formula is C20H21NO5. The van der Waals surface area contributed by atoms with Crippen molar-refractivity contribution in [3.8, 4) is 5.75 Å². The minimum atomic E-state index is -1.06. The number of amides is 1. The summed E-state index contributed by atoms with van der Waals surface area (Å²) in [5, 5.41) is 8.58. The molecule has 136 valence electrons. The van der Waals surface area contributed by atoms with Crippen molar-refractivity contribution in [1.82, 2.24) is 0 Å². The van der Waals surface area contributed by atoms with Crippen LogP contribution in [0.15, 0.2) is 48.5 Å². The fourth-order valence-corrected chi connectivity index (χ4v) is 2.33. The Morgan fingerprint density at radius 2 is 1.58 bits per heavy atom. The smallest absolute Gasteiger partial charge is 0.341 e. The van der Waals surface area contributed by atoms with Gasteiger partial charge in [0.15, 0.2) is 12.4 Å². The van der Waals surface area contributed by atoms with E-state index in [2.05, 4.69) is 0 Å². The van der Waals surface area contributed by atoms with Crippen molar-refractivity contribution >= 4 is 23.3 Å². The van der Waals surface area contributed by atoms with Gasteiger partial charge in [0.05, 0.1) is 0 Å². The number of carboxylic acid groups (broad SMARTS) is 1. The predicted molar refractivity (Wildman–Crippen MR) is 97.7 cm³/mol. The van der Waals surface area contributed by atoms with Crippen LogP contribution in [0, 0.1) is 6.92 Å². The van der Waals surface area contributed by atoms with Crippen LogP contribution in [0.2, 0.25) is 0 Å². The summed E-state index contributed by atoms with van der Waals surface area (Å²) in [6.07, 6.45) is 0.256. The van der Waals surface area contributed by atoms with Gasteiger partial charge in [-0.15, -0.1) is 0 Å². The topological polar surface area (TPSA) is 83.9 Å². The SMILES string of the molecule is Cc1ccc(C(=O)CCC(=O)N(C)c2ccc(OCC(=O)O)cc2)cc1. The molecule has 2 aromatic rings. The van der Waals surface area contributed by atoms with E-state index in [1.165, 1.54) is 4.90 Å². The Morgan fingerprint density at radius 3 is 2.15 bits per heavy atom. The van der Waals surface area contributed by atoms with Crippen LogP contribution < -0.4 is 9.64 Å². The Kier molecular flexibility index (Phi) is 6.49. The van der Waals surface area contributed by atoms with Gasteiger partial charge in [-0.05, 0) is 31.2 Å². The number of hydrogen-bond acceptors (Lipinski definition) is 4. The van der Waals surface area contributed by atoms with Crippen molar-refractivity contribution < 1.29 is 24.2 Å². The fraction of sp³-hybridized carbons (Fsp3) is 0.250. The molecule has 6 nitrogen and oxygen atoms in total. The van der Waals surface area contributed by atoms with Gasteiger partial charge in [0.2, 0.25) is 5.91 Å². The third kappa shape index (κ3) is 5.44. The minimum Gasteiger partial charge on any atom is -0.482 e. The molecule has 0 spiro atoms. The fourth-order valence-electron chi connectivity index (χ4n) is 2.33. The first-order chi connectivity index (χ1) is 12.4. The van der Waals surface area contributed by atoms with Crippen LogP contribution in [0.25, 0.3) is 0 Å². The second-order valence-electron chi connectivity index (χ2n) is 5.92. The zero-order valence-electron chi connectivity index (χ0n) is 14.8. The first-order valence-corrected chi connectivity index (χ1v) is 8.18. The molecular weight excluding hydrogens is 334 g/mol. The van der Waals surface area contributed by atoms with Crippen LogP contribution in [0.1, 0.15) is 28.8 Å². The number of Topliss-reactive ketones (excluding diaryl/α,β-unsaturated/α-hetero) is 1. The first-order valence-electron chi connectivity index (χ1n) is 8.18. The minimum absolute atomic E-state index is 0.0656. The molecule has 26 heavy (non-hydrogen) atoms. The van der Waals surface area contributed by atoms with E-state index < -0.39 is 12.6 Å². The average molecular weight is 355 g/mol. The van der Waals surface area contributed by atoms with Crippen molar-refractivity contribution in [2.75, 3.05) is 18.6 Å². The zero-order valence-corrected chi connectivity index (χ0v) is 14.8. The monoisotopic (exact) mass is 355 g/mol. The van der Waals surface area contributed by atoms with Crippen molar-refractivity contribution in [2.24, 2.45) is 0 Å². The maximum Gasteiger partial charge on any atom is 0.341 e. The molecule has 0 radical (unpaired) electrons. The van der Waals surface area contributed by atoms with Crippen molar-refractivity contribution in [2.45, 2.75) is 19.8 Å². The number of nitrogens with zero attached hydrogens (tertiary/aromatic N) is 1. The largest absolute Gasteiger partial charge is 0.482 e. The summed E-state index contributed by atoms with van der Waals surface area (Å²) in [6, 6.07) is 13.8. The summed E-state index contributed by atoms with van der Waals surface area (Å²) >= 11 is 0. The highest BCUT2D eigenvalue weighted by Gasteiger charge is 2.14. The zero-order chi connectivity index (χ0) is 19.1. The molecule has 1 N–H and O–H groups in total. The van der Waals surface area contributed by atoms with Crippen LogP contribution in [0.3, 0.4) is 0 Å². The number of carboxylic acids is 1. The molecule has 0 saturated carbocycles. The van der Waals surface area contributed by atoms with E-state index >= 15 is 0 Å². The molecule has 0 saturated heterocycles. The van der Waals surface area contributed by atoms with Crippen molar-refractivity contribution in [3.63, 3.8) is 0 Å². The van der Waals surface area contributed by atoms with E-state index in [-0.39, 0.29) is 24.5 Å². The van der Waals surface area contributed by atoms with E-state index in [1.807, 2.05) is 19.1 Å². The standard InChI is InChI=1S/C20H21NO5/c1-14-3-5-15(6-4-14)18(22)11-12-19(23)21(2)16-7-9-17(10-8-16)26-13-20(24)25/h3-10H,11-13H2,1-2H3,(H,24,25). The van der Waals surface area contributed by atoms with Gasteiger partial charge in [-0.2, -0.15) is 0 Å². The van der Waals surface area contributed by atoms with Gasteiger partial charge in [-0.25, -0.2) is 4.79 Å². The Bertz CT molecular complexity index is 781. The molecule has 6 heteroatoms. The maximum atomic E-state index is 12.3. The highest BCUT2D eigenvalue weighted by molar-refractivity contribution is 6.00. The Morgan fingerprint density at radius 1 is 0.962 bits per heavy atom. The van der Waals surface area contributed by atoms with Gasteiger partial charge in [0, 0.05) is 31.1 Å². The van der Waals surface area contributed by atoms with E-state index in [1.54, 1.807) is 43.4 Å². The second-order valence-corrected chi connectivity index (χ2v) is 5.92. The number of aliphatic carboxylic acids is 1. The molecule has 0 aliphatic heterocycles. The lowest BCUT2D eigenvalue weighted by molar-refractivity contribution is -0.139. The Labute approximate surface area is 152 Å². The van der Waals surface area contributed by atoms with Crippen molar-refractivity contribution in [1.29, 1.82) is 0 Å². The summed E-state index contributed by atoms with van der Waals surface area (Å²) in [4.78, 5) is 36.4. The van der Waals surface area contributed by atoms with Crippen molar-refractivity contribution in [3.05, 3.63) is 59.7 Å². The number of benzene rings is 2. The number of rotatable bonds is 8. The number of carbonyl (C=O) groups is 3. The molecule has 0 unspecified atom stereocenters. The Hall–Kier alpha value is -3.15. The molecule has 0 aromatic heterocycles. The lowest BCUT2D eigenvalue weighted by Gasteiger charge is -2.17. The molecule has 2 aromatic carbocycles. The number of aryl methyl sites for hydroxylation is 1. The highest BCUT2D eigenvalue weighted by Crippen LogP contribution is 2.19. The van der Waals surface area contributed by atoms with Gasteiger partial charge < -0.3 is 14.7 Å². The number of hydrogen-bond donors (Lipinski definition) is 1. The molecule has 0 atom stereocenters. The number of anilines is 1. The second kappa shape index (κ2) is 8.80. The molecule has 1 amide bonds. The van der Waals surface area contributed by atoms with Gasteiger partial charge in [0.1, 0.15) is 5.75 Å². The first kappa shape index (κ1) is 19.2. The number of carbonyl (C=O) groups excluding carboxylic acids is 2. The highest BCUT2D eigenvalue weighted by atomic mass is 16.5. The van der Waals surface area contributed by atoms with E-state index in [9.17, 15) is 14.4 Å². The van der Waals surface area contributed by atoms with Crippen LogP contribution >= 0.6 is 0 Å². The lowest BCUT2D eigenvalue weighted by Crippen LogP contribution is -2.26. The summed E-state index contributed by atoms with van der Waals surface area (Å²) < 4.78 is 5.05. The quantitative estimate of drug-likeness (QED) is 0.736.